The van der Waals surface area contributed by atoms with E-state index in [0.717, 1.165) is 17.5 Å². The van der Waals surface area contributed by atoms with E-state index in [2.05, 4.69) is 4.72 Å². The molecule has 0 radical (unpaired) electrons. The minimum absolute atomic E-state index is 0.0867. The largest absolute Gasteiger partial charge is 0.398 e. The molecule has 0 saturated carbocycles. The van der Waals surface area contributed by atoms with Gasteiger partial charge in [0.2, 0.25) is 10.0 Å². The topological polar surface area (TPSA) is 72.2 Å². The highest BCUT2D eigenvalue weighted by atomic mass is 32.2. The molecule has 0 aliphatic carbocycles. The molecule has 4 nitrogen and oxygen atoms in total. The molecule has 5 heteroatoms. The molecule has 3 N–H and O–H groups in total. The van der Waals surface area contributed by atoms with Crippen molar-refractivity contribution in [3.63, 3.8) is 0 Å². The van der Waals surface area contributed by atoms with E-state index in [1.165, 1.54) is 0 Å². The third kappa shape index (κ3) is 2.84. The van der Waals surface area contributed by atoms with E-state index in [0.29, 0.717) is 16.1 Å². The lowest BCUT2D eigenvalue weighted by molar-refractivity contribution is 0.555. The molecule has 0 aliphatic heterocycles. The summed E-state index contributed by atoms with van der Waals surface area (Å²) in [6.45, 7) is 9.22. The summed E-state index contributed by atoms with van der Waals surface area (Å²) in [7, 11) is -3.50. The van der Waals surface area contributed by atoms with Crippen LogP contribution < -0.4 is 10.5 Å². The van der Waals surface area contributed by atoms with Gasteiger partial charge in [-0.25, -0.2) is 13.1 Å². The molecule has 102 valence electrons. The fourth-order valence-electron chi connectivity index (χ4n) is 2.00. The van der Waals surface area contributed by atoms with Crippen LogP contribution in [0.5, 0.6) is 0 Å². The minimum Gasteiger partial charge on any atom is -0.398 e. The van der Waals surface area contributed by atoms with Crippen molar-refractivity contribution in [2.75, 3.05) is 5.73 Å². The van der Waals surface area contributed by atoms with Gasteiger partial charge in [0.1, 0.15) is 0 Å². The predicted molar refractivity (Wildman–Crippen MR) is 75.1 cm³/mol. The van der Waals surface area contributed by atoms with Crippen molar-refractivity contribution in [1.82, 2.24) is 4.72 Å². The van der Waals surface area contributed by atoms with E-state index >= 15 is 0 Å². The zero-order valence-corrected chi connectivity index (χ0v) is 12.5. The first kappa shape index (κ1) is 15.0. The minimum atomic E-state index is -3.50. The maximum atomic E-state index is 12.3. The summed E-state index contributed by atoms with van der Waals surface area (Å²) in [6, 6.07) is 1.73. The Bertz CT molecular complexity index is 551. The van der Waals surface area contributed by atoms with E-state index in [1.54, 1.807) is 13.8 Å². The summed E-state index contributed by atoms with van der Waals surface area (Å²) in [5.41, 5.74) is 8.74. The number of anilines is 1. The molecule has 0 fully saturated rings. The summed E-state index contributed by atoms with van der Waals surface area (Å²) in [4.78, 5) is 0.311. The number of hydrogen-bond donors (Lipinski definition) is 2. The van der Waals surface area contributed by atoms with Gasteiger partial charge in [-0.05, 0) is 50.8 Å². The van der Waals surface area contributed by atoms with Crippen molar-refractivity contribution in [2.24, 2.45) is 0 Å². The van der Waals surface area contributed by atoms with E-state index in [4.69, 9.17) is 5.73 Å². The molecule has 1 aromatic rings. The molecule has 0 saturated heterocycles. The van der Waals surface area contributed by atoms with Gasteiger partial charge in [0.25, 0.3) is 0 Å². The van der Waals surface area contributed by atoms with Crippen LogP contribution in [0.4, 0.5) is 5.69 Å². The van der Waals surface area contributed by atoms with Gasteiger partial charge in [-0.1, -0.05) is 13.0 Å². The molecule has 1 atom stereocenters. The monoisotopic (exact) mass is 270 g/mol. The highest BCUT2D eigenvalue weighted by Crippen LogP contribution is 2.28. The van der Waals surface area contributed by atoms with Crippen molar-refractivity contribution in [3.05, 3.63) is 22.8 Å². The van der Waals surface area contributed by atoms with Crippen molar-refractivity contribution in [2.45, 2.75) is 52.0 Å². The normalized spacial score (nSPS) is 13.6. The standard InChI is InChI=1S/C13H22N2O2S/c1-6-10(4)15-18(16,17)13-9(3)7-8(2)12(14)11(13)5/h7,10,15H,6,14H2,1-5H3. The molecule has 0 aromatic heterocycles. The molecule has 1 unspecified atom stereocenters. The number of aryl methyl sites for hydroxylation is 2. The average molecular weight is 270 g/mol. The summed E-state index contributed by atoms with van der Waals surface area (Å²) in [5.74, 6) is 0. The molecule has 0 amide bonds. The number of sulfonamides is 1. The zero-order valence-electron chi connectivity index (χ0n) is 11.7. The second-order valence-corrected chi connectivity index (χ2v) is 6.46. The lowest BCUT2D eigenvalue weighted by Gasteiger charge is -2.18. The van der Waals surface area contributed by atoms with Crippen molar-refractivity contribution >= 4 is 15.7 Å². The Hall–Kier alpha value is -1.07. The molecule has 0 bridgehead atoms. The van der Waals surface area contributed by atoms with Crippen LogP contribution in [0.25, 0.3) is 0 Å². The quantitative estimate of drug-likeness (QED) is 0.824. The maximum Gasteiger partial charge on any atom is 0.241 e. The molecular formula is C13H22N2O2S. The summed E-state index contributed by atoms with van der Waals surface area (Å²) >= 11 is 0. The van der Waals surface area contributed by atoms with Crippen LogP contribution in [0.1, 0.15) is 37.0 Å². The van der Waals surface area contributed by atoms with Crippen LogP contribution in [0.15, 0.2) is 11.0 Å². The third-order valence-electron chi connectivity index (χ3n) is 3.20. The van der Waals surface area contributed by atoms with E-state index in [-0.39, 0.29) is 6.04 Å². The summed E-state index contributed by atoms with van der Waals surface area (Å²) in [5, 5.41) is 0. The lowest BCUT2D eigenvalue weighted by atomic mass is 10.1. The van der Waals surface area contributed by atoms with Crippen LogP contribution >= 0.6 is 0 Å². The number of nitrogen functional groups attached to an aromatic ring is 1. The van der Waals surface area contributed by atoms with Gasteiger partial charge in [0.15, 0.2) is 0 Å². The first-order valence-electron chi connectivity index (χ1n) is 6.09. The van der Waals surface area contributed by atoms with E-state index in [9.17, 15) is 8.42 Å². The Morgan fingerprint density at radius 3 is 2.33 bits per heavy atom. The van der Waals surface area contributed by atoms with Crippen LogP contribution in [-0.4, -0.2) is 14.5 Å². The Morgan fingerprint density at radius 1 is 1.28 bits per heavy atom. The lowest BCUT2D eigenvalue weighted by Crippen LogP contribution is -2.33. The first-order valence-corrected chi connectivity index (χ1v) is 7.57. The Kier molecular flexibility index (Phi) is 4.40. The molecule has 1 rings (SSSR count). The van der Waals surface area contributed by atoms with Crippen LogP contribution in [0.2, 0.25) is 0 Å². The molecule has 0 aliphatic rings. The molecular weight excluding hydrogens is 248 g/mol. The van der Waals surface area contributed by atoms with Crippen molar-refractivity contribution in [3.8, 4) is 0 Å². The second kappa shape index (κ2) is 5.28. The SMILES string of the molecule is CCC(C)NS(=O)(=O)c1c(C)cc(C)c(N)c1C. The van der Waals surface area contributed by atoms with E-state index in [1.807, 2.05) is 26.8 Å². The highest BCUT2D eigenvalue weighted by molar-refractivity contribution is 7.89. The van der Waals surface area contributed by atoms with E-state index < -0.39 is 10.0 Å². The average Bonchev–Trinajstić information content (AvgIpc) is 2.24. The van der Waals surface area contributed by atoms with Gasteiger partial charge in [-0.2, -0.15) is 0 Å². The molecule has 18 heavy (non-hydrogen) atoms. The van der Waals surface area contributed by atoms with Gasteiger partial charge in [-0.3, -0.25) is 0 Å². The fourth-order valence-corrected chi connectivity index (χ4v) is 3.81. The van der Waals surface area contributed by atoms with Crippen molar-refractivity contribution in [1.29, 1.82) is 0 Å². The Morgan fingerprint density at radius 2 is 1.83 bits per heavy atom. The number of rotatable bonds is 4. The maximum absolute atomic E-state index is 12.3. The van der Waals surface area contributed by atoms with Crippen LogP contribution in [0, 0.1) is 20.8 Å². The predicted octanol–water partition coefficient (Wildman–Crippen LogP) is 2.27. The van der Waals surface area contributed by atoms with Crippen molar-refractivity contribution < 1.29 is 8.42 Å². The number of nitrogens with two attached hydrogens (primary N) is 1. The van der Waals surface area contributed by atoms with Crippen LogP contribution in [-0.2, 0) is 10.0 Å². The fraction of sp³-hybridized carbons (Fsp3) is 0.538. The van der Waals surface area contributed by atoms with Gasteiger partial charge in [-0.15, -0.1) is 0 Å². The van der Waals surface area contributed by atoms with Gasteiger partial charge in [0.05, 0.1) is 4.90 Å². The van der Waals surface area contributed by atoms with Gasteiger partial charge < -0.3 is 5.73 Å². The van der Waals surface area contributed by atoms with Crippen LogP contribution in [0.3, 0.4) is 0 Å². The zero-order chi connectivity index (χ0) is 14.1. The number of benzene rings is 1. The van der Waals surface area contributed by atoms with Gasteiger partial charge in [0, 0.05) is 11.7 Å². The summed E-state index contributed by atoms with van der Waals surface area (Å²) < 4.78 is 27.3. The van der Waals surface area contributed by atoms with Gasteiger partial charge >= 0.3 is 0 Å². The molecule has 0 heterocycles. The third-order valence-corrected chi connectivity index (χ3v) is 5.08. The Labute approximate surface area is 110 Å². The summed E-state index contributed by atoms with van der Waals surface area (Å²) in [6.07, 6.45) is 0.749. The molecule has 0 spiro atoms. The highest BCUT2D eigenvalue weighted by Gasteiger charge is 2.23. The second-order valence-electron chi connectivity index (χ2n) is 4.81. The number of hydrogen-bond acceptors (Lipinski definition) is 3. The molecule has 1 aromatic carbocycles. The number of nitrogens with one attached hydrogen (secondary N) is 1. The Balaban J connectivity index is 3.38. The first-order chi connectivity index (χ1) is 8.20. The smallest absolute Gasteiger partial charge is 0.241 e.